The van der Waals surface area contributed by atoms with E-state index in [1.54, 1.807) is 0 Å². The Labute approximate surface area is 144 Å². The first-order valence-corrected chi connectivity index (χ1v) is 8.77. The second kappa shape index (κ2) is 7.63. The van der Waals surface area contributed by atoms with Gasteiger partial charge in [-0.3, -0.25) is 4.79 Å². The van der Waals surface area contributed by atoms with E-state index in [-0.39, 0.29) is 11.8 Å². The number of carbonyl (C=O) groups excluding carboxylic acids is 1. The Morgan fingerprint density at radius 3 is 2.58 bits per heavy atom. The van der Waals surface area contributed by atoms with Crippen LogP contribution in [0.1, 0.15) is 25.3 Å². The summed E-state index contributed by atoms with van der Waals surface area (Å²) in [5.41, 5.74) is 3.60. The van der Waals surface area contributed by atoms with Crippen LogP contribution in [-0.4, -0.2) is 30.4 Å². The maximum Gasteiger partial charge on any atom is 0.225 e. The minimum absolute atomic E-state index is 0.148. The fourth-order valence-corrected chi connectivity index (χ4v) is 3.56. The van der Waals surface area contributed by atoms with Crippen molar-refractivity contribution >= 4 is 5.91 Å². The van der Waals surface area contributed by atoms with E-state index in [9.17, 15) is 4.79 Å². The lowest BCUT2D eigenvalue weighted by Crippen LogP contribution is -2.42. The van der Waals surface area contributed by atoms with Crippen molar-refractivity contribution in [2.45, 2.75) is 32.4 Å². The zero-order valence-corrected chi connectivity index (χ0v) is 14.5. The van der Waals surface area contributed by atoms with E-state index in [2.05, 4.69) is 54.7 Å². The summed E-state index contributed by atoms with van der Waals surface area (Å²) < 4.78 is 0. The van der Waals surface area contributed by atoms with Crippen LogP contribution in [0.4, 0.5) is 0 Å². The Balaban J connectivity index is 1.75. The number of rotatable bonds is 4. The molecule has 1 aliphatic rings. The molecule has 0 bridgehead atoms. The van der Waals surface area contributed by atoms with Gasteiger partial charge in [-0.25, -0.2) is 0 Å². The topological polar surface area (TPSA) is 32.3 Å². The molecule has 2 aromatic rings. The molecular formula is C21H26N2O. The largest absolute Gasteiger partial charge is 0.341 e. The van der Waals surface area contributed by atoms with Gasteiger partial charge in [-0.2, -0.15) is 0 Å². The van der Waals surface area contributed by atoms with E-state index in [0.717, 1.165) is 19.4 Å². The first kappa shape index (κ1) is 16.7. The third-order valence-electron chi connectivity index (χ3n) is 4.86. The standard InChI is InChI=1S/C21H26N2O/c1-16-14-18(12-13-22-16)21(24)23(2)15-19-10-6-7-11-20(19)17-8-4-3-5-9-17/h3-11,16,18,22H,12-15H2,1-2H3/t16-,18-/m0/s1. The zero-order chi connectivity index (χ0) is 16.9. The summed E-state index contributed by atoms with van der Waals surface area (Å²) in [7, 11) is 1.93. The molecule has 0 aromatic heterocycles. The number of benzene rings is 2. The molecule has 0 aliphatic carbocycles. The lowest BCUT2D eigenvalue weighted by Gasteiger charge is -2.30. The van der Waals surface area contributed by atoms with Crippen LogP contribution in [0.2, 0.25) is 0 Å². The second-order valence-electron chi connectivity index (χ2n) is 6.79. The van der Waals surface area contributed by atoms with E-state index < -0.39 is 0 Å². The van der Waals surface area contributed by atoms with Gasteiger partial charge in [-0.05, 0) is 43.0 Å². The van der Waals surface area contributed by atoms with Crippen molar-refractivity contribution in [3.8, 4) is 11.1 Å². The molecule has 1 heterocycles. The average molecular weight is 322 g/mol. The van der Waals surface area contributed by atoms with Crippen LogP contribution < -0.4 is 5.32 Å². The van der Waals surface area contributed by atoms with Gasteiger partial charge in [0.05, 0.1) is 0 Å². The molecule has 0 saturated carbocycles. The SMILES string of the molecule is C[C@H]1C[C@@H](C(=O)N(C)Cc2ccccc2-c2ccccc2)CCN1. The maximum absolute atomic E-state index is 12.8. The molecule has 3 heteroatoms. The first-order chi connectivity index (χ1) is 11.6. The first-order valence-electron chi connectivity index (χ1n) is 8.77. The summed E-state index contributed by atoms with van der Waals surface area (Å²) in [6.07, 6.45) is 1.87. The Morgan fingerprint density at radius 1 is 1.12 bits per heavy atom. The van der Waals surface area contributed by atoms with Gasteiger partial charge in [0, 0.05) is 25.6 Å². The highest BCUT2D eigenvalue weighted by atomic mass is 16.2. The molecule has 1 aliphatic heterocycles. The highest BCUT2D eigenvalue weighted by molar-refractivity contribution is 5.79. The van der Waals surface area contributed by atoms with Gasteiger partial charge < -0.3 is 10.2 Å². The van der Waals surface area contributed by atoms with Crippen LogP contribution in [0.3, 0.4) is 0 Å². The summed E-state index contributed by atoms with van der Waals surface area (Å²) in [4.78, 5) is 14.7. The molecule has 126 valence electrons. The van der Waals surface area contributed by atoms with E-state index in [1.807, 2.05) is 24.1 Å². The van der Waals surface area contributed by atoms with Gasteiger partial charge >= 0.3 is 0 Å². The summed E-state index contributed by atoms with van der Waals surface area (Å²) in [5.74, 6) is 0.418. The Morgan fingerprint density at radius 2 is 1.83 bits per heavy atom. The number of hydrogen-bond acceptors (Lipinski definition) is 2. The van der Waals surface area contributed by atoms with Crippen molar-refractivity contribution in [2.24, 2.45) is 5.92 Å². The van der Waals surface area contributed by atoms with Crippen LogP contribution in [-0.2, 0) is 11.3 Å². The van der Waals surface area contributed by atoms with Crippen molar-refractivity contribution in [2.75, 3.05) is 13.6 Å². The molecule has 1 saturated heterocycles. The molecule has 2 aromatic carbocycles. The number of amides is 1. The van der Waals surface area contributed by atoms with Crippen LogP contribution >= 0.6 is 0 Å². The normalized spacial score (nSPS) is 20.6. The fourth-order valence-electron chi connectivity index (χ4n) is 3.56. The Kier molecular flexibility index (Phi) is 5.31. The molecule has 24 heavy (non-hydrogen) atoms. The summed E-state index contributed by atoms with van der Waals surface area (Å²) >= 11 is 0. The van der Waals surface area contributed by atoms with E-state index in [1.165, 1.54) is 16.7 Å². The molecule has 3 rings (SSSR count). The molecule has 3 nitrogen and oxygen atoms in total. The summed E-state index contributed by atoms with van der Waals surface area (Å²) in [6.45, 7) is 3.75. The van der Waals surface area contributed by atoms with E-state index in [4.69, 9.17) is 0 Å². The summed E-state index contributed by atoms with van der Waals surface area (Å²) in [6, 6.07) is 19.2. The van der Waals surface area contributed by atoms with Crippen molar-refractivity contribution in [1.82, 2.24) is 10.2 Å². The van der Waals surface area contributed by atoms with Gasteiger partial charge in [0.25, 0.3) is 0 Å². The minimum Gasteiger partial charge on any atom is -0.341 e. The second-order valence-corrected chi connectivity index (χ2v) is 6.79. The van der Waals surface area contributed by atoms with Crippen molar-refractivity contribution < 1.29 is 4.79 Å². The number of nitrogens with zero attached hydrogens (tertiary/aromatic N) is 1. The number of nitrogens with one attached hydrogen (secondary N) is 1. The third-order valence-corrected chi connectivity index (χ3v) is 4.86. The fraction of sp³-hybridized carbons (Fsp3) is 0.381. The van der Waals surface area contributed by atoms with Crippen LogP contribution in [0.5, 0.6) is 0 Å². The molecule has 1 amide bonds. The zero-order valence-electron chi connectivity index (χ0n) is 14.5. The quantitative estimate of drug-likeness (QED) is 0.931. The van der Waals surface area contributed by atoms with Crippen molar-refractivity contribution in [3.63, 3.8) is 0 Å². The lowest BCUT2D eigenvalue weighted by molar-refractivity contribution is -0.135. The lowest BCUT2D eigenvalue weighted by atomic mass is 9.91. The maximum atomic E-state index is 12.8. The van der Waals surface area contributed by atoms with Crippen LogP contribution in [0.25, 0.3) is 11.1 Å². The van der Waals surface area contributed by atoms with Crippen molar-refractivity contribution in [3.05, 3.63) is 60.2 Å². The minimum atomic E-state index is 0.148. The third kappa shape index (κ3) is 3.85. The monoisotopic (exact) mass is 322 g/mol. The van der Waals surface area contributed by atoms with Crippen LogP contribution in [0, 0.1) is 5.92 Å². The Bertz CT molecular complexity index is 683. The van der Waals surface area contributed by atoms with Gasteiger partial charge in [0.1, 0.15) is 0 Å². The van der Waals surface area contributed by atoms with Crippen LogP contribution in [0.15, 0.2) is 54.6 Å². The smallest absolute Gasteiger partial charge is 0.225 e. The predicted molar refractivity (Wildman–Crippen MR) is 98.5 cm³/mol. The van der Waals surface area contributed by atoms with Crippen molar-refractivity contribution in [1.29, 1.82) is 0 Å². The molecule has 0 unspecified atom stereocenters. The van der Waals surface area contributed by atoms with Gasteiger partial charge in [-0.15, -0.1) is 0 Å². The van der Waals surface area contributed by atoms with Gasteiger partial charge in [-0.1, -0.05) is 54.6 Å². The molecule has 0 radical (unpaired) electrons. The van der Waals surface area contributed by atoms with E-state index >= 15 is 0 Å². The predicted octanol–water partition coefficient (Wildman–Crippen LogP) is 3.70. The molecule has 1 N–H and O–H groups in total. The number of piperidine rings is 1. The molecular weight excluding hydrogens is 296 g/mol. The molecule has 0 spiro atoms. The summed E-state index contributed by atoms with van der Waals surface area (Å²) in [5, 5.41) is 3.42. The number of carbonyl (C=O) groups is 1. The Hall–Kier alpha value is -2.13. The van der Waals surface area contributed by atoms with E-state index in [0.29, 0.717) is 12.6 Å². The molecule has 1 fully saturated rings. The van der Waals surface area contributed by atoms with Gasteiger partial charge in [0.15, 0.2) is 0 Å². The van der Waals surface area contributed by atoms with Gasteiger partial charge in [0.2, 0.25) is 5.91 Å². The average Bonchev–Trinajstić information content (AvgIpc) is 2.62. The molecule has 2 atom stereocenters. The highest BCUT2D eigenvalue weighted by Gasteiger charge is 2.27. The number of hydrogen-bond donors (Lipinski definition) is 1. The highest BCUT2D eigenvalue weighted by Crippen LogP contribution is 2.25.